The van der Waals surface area contributed by atoms with Crippen molar-refractivity contribution in [2.24, 2.45) is 5.73 Å². The van der Waals surface area contributed by atoms with Gasteiger partial charge in [0.15, 0.2) is 0 Å². The maximum absolute atomic E-state index is 10.5. The first-order chi connectivity index (χ1) is 7.04. The molecule has 1 atom stereocenters. The van der Waals surface area contributed by atoms with Crippen LogP contribution in [-0.4, -0.2) is 36.1 Å². The number of hydrogen-bond acceptors (Lipinski definition) is 4. The van der Waals surface area contributed by atoms with Crippen LogP contribution in [0.2, 0.25) is 0 Å². The van der Waals surface area contributed by atoms with E-state index in [4.69, 9.17) is 15.6 Å². The van der Waals surface area contributed by atoms with Gasteiger partial charge in [-0.15, -0.1) is 0 Å². The second kappa shape index (κ2) is 8.38. The van der Waals surface area contributed by atoms with Crippen molar-refractivity contribution >= 4 is 11.8 Å². The average Bonchev–Trinajstić information content (AvgIpc) is 2.15. The van der Waals surface area contributed by atoms with E-state index in [0.29, 0.717) is 26.1 Å². The van der Waals surface area contributed by atoms with E-state index in [2.05, 4.69) is 0 Å². The molecule has 0 amide bonds. The van der Waals surface area contributed by atoms with Crippen LogP contribution in [0.3, 0.4) is 0 Å². The number of ketones is 1. The molecular formula is C10H19NO4. The SMILES string of the molecule is CC(=O)CCOCCCCC(N)C(=O)O. The van der Waals surface area contributed by atoms with E-state index >= 15 is 0 Å². The van der Waals surface area contributed by atoms with Crippen LogP contribution in [0.5, 0.6) is 0 Å². The number of nitrogens with two attached hydrogens (primary N) is 1. The smallest absolute Gasteiger partial charge is 0.320 e. The molecule has 15 heavy (non-hydrogen) atoms. The monoisotopic (exact) mass is 217 g/mol. The van der Waals surface area contributed by atoms with Crippen molar-refractivity contribution in [2.45, 2.75) is 38.6 Å². The standard InChI is InChI=1S/C10H19NO4/c1-8(12)5-7-15-6-3-2-4-9(11)10(13)14/h9H,2-7,11H2,1H3,(H,13,14). The summed E-state index contributed by atoms with van der Waals surface area (Å²) in [6, 6.07) is -0.776. The van der Waals surface area contributed by atoms with Crippen LogP contribution in [-0.2, 0) is 14.3 Å². The van der Waals surface area contributed by atoms with Crippen LogP contribution < -0.4 is 5.73 Å². The Kier molecular flexibility index (Phi) is 7.85. The predicted octanol–water partition coefficient (Wildman–Crippen LogP) is 0.564. The third-order valence-electron chi connectivity index (χ3n) is 1.97. The summed E-state index contributed by atoms with van der Waals surface area (Å²) in [6.45, 7) is 2.52. The largest absolute Gasteiger partial charge is 0.480 e. The first-order valence-electron chi connectivity index (χ1n) is 5.09. The first-order valence-corrected chi connectivity index (χ1v) is 5.09. The number of aliphatic carboxylic acids is 1. The quantitative estimate of drug-likeness (QED) is 0.551. The highest BCUT2D eigenvalue weighted by molar-refractivity contribution is 5.75. The summed E-state index contributed by atoms with van der Waals surface area (Å²) < 4.78 is 5.18. The average molecular weight is 217 g/mol. The Labute approximate surface area is 89.6 Å². The molecule has 0 saturated heterocycles. The number of ether oxygens (including phenoxy) is 1. The molecule has 0 radical (unpaired) electrons. The number of hydrogen-bond donors (Lipinski definition) is 2. The Bertz CT molecular complexity index is 206. The van der Waals surface area contributed by atoms with Gasteiger partial charge in [-0.3, -0.25) is 9.59 Å². The van der Waals surface area contributed by atoms with Crippen molar-refractivity contribution in [3.8, 4) is 0 Å². The molecule has 3 N–H and O–H groups in total. The third-order valence-corrected chi connectivity index (χ3v) is 1.97. The number of carbonyl (C=O) groups excluding carboxylic acids is 1. The van der Waals surface area contributed by atoms with Gasteiger partial charge in [-0.05, 0) is 26.2 Å². The summed E-state index contributed by atoms with van der Waals surface area (Å²) in [5.74, 6) is -0.851. The Morgan fingerprint density at radius 2 is 2.00 bits per heavy atom. The minimum absolute atomic E-state index is 0.114. The van der Waals surface area contributed by atoms with E-state index in [1.54, 1.807) is 0 Å². The molecule has 0 rings (SSSR count). The zero-order chi connectivity index (χ0) is 11.7. The Morgan fingerprint density at radius 3 is 2.53 bits per heavy atom. The van der Waals surface area contributed by atoms with Crippen LogP contribution in [0, 0.1) is 0 Å². The van der Waals surface area contributed by atoms with Gasteiger partial charge in [-0.25, -0.2) is 0 Å². The summed E-state index contributed by atoms with van der Waals surface area (Å²) in [4.78, 5) is 20.9. The van der Waals surface area contributed by atoms with Gasteiger partial charge in [0.25, 0.3) is 0 Å². The van der Waals surface area contributed by atoms with Crippen molar-refractivity contribution in [1.82, 2.24) is 0 Å². The highest BCUT2D eigenvalue weighted by Gasteiger charge is 2.09. The minimum Gasteiger partial charge on any atom is -0.480 e. The molecule has 0 spiro atoms. The van der Waals surface area contributed by atoms with Crippen LogP contribution in [0.25, 0.3) is 0 Å². The summed E-state index contributed by atoms with van der Waals surface area (Å²) in [6.07, 6.45) is 2.41. The molecule has 1 unspecified atom stereocenters. The maximum Gasteiger partial charge on any atom is 0.320 e. The van der Waals surface area contributed by atoms with Crippen molar-refractivity contribution in [1.29, 1.82) is 0 Å². The molecule has 0 aromatic carbocycles. The van der Waals surface area contributed by atoms with Crippen LogP contribution in [0.1, 0.15) is 32.6 Å². The summed E-state index contributed by atoms with van der Waals surface area (Å²) in [7, 11) is 0. The second-order valence-corrected chi connectivity index (χ2v) is 3.50. The van der Waals surface area contributed by atoms with Gasteiger partial charge in [0, 0.05) is 13.0 Å². The Morgan fingerprint density at radius 1 is 1.33 bits per heavy atom. The van der Waals surface area contributed by atoms with E-state index in [1.807, 2.05) is 0 Å². The van der Waals surface area contributed by atoms with Gasteiger partial charge >= 0.3 is 5.97 Å². The Balaban J connectivity index is 3.18. The van der Waals surface area contributed by atoms with E-state index < -0.39 is 12.0 Å². The lowest BCUT2D eigenvalue weighted by Crippen LogP contribution is -2.29. The maximum atomic E-state index is 10.5. The van der Waals surface area contributed by atoms with E-state index in [0.717, 1.165) is 12.8 Å². The van der Waals surface area contributed by atoms with Crippen LogP contribution >= 0.6 is 0 Å². The minimum atomic E-state index is -0.965. The van der Waals surface area contributed by atoms with Crippen molar-refractivity contribution in [2.75, 3.05) is 13.2 Å². The first kappa shape index (κ1) is 14.1. The second-order valence-electron chi connectivity index (χ2n) is 3.50. The third kappa shape index (κ3) is 9.37. The molecule has 0 aliphatic carbocycles. The van der Waals surface area contributed by atoms with Crippen molar-refractivity contribution in [3.63, 3.8) is 0 Å². The van der Waals surface area contributed by atoms with Gasteiger partial charge in [0.2, 0.25) is 0 Å². The van der Waals surface area contributed by atoms with Gasteiger partial charge in [-0.2, -0.15) is 0 Å². The fourth-order valence-corrected chi connectivity index (χ4v) is 1.01. The molecular weight excluding hydrogens is 198 g/mol. The number of carboxylic acid groups (broad SMARTS) is 1. The number of carbonyl (C=O) groups is 2. The molecule has 0 aromatic heterocycles. The molecule has 0 saturated carbocycles. The number of carboxylic acids is 1. The van der Waals surface area contributed by atoms with E-state index in [9.17, 15) is 9.59 Å². The summed E-state index contributed by atoms with van der Waals surface area (Å²) in [5.41, 5.74) is 5.31. The molecule has 5 heteroatoms. The van der Waals surface area contributed by atoms with Gasteiger partial charge < -0.3 is 15.6 Å². The zero-order valence-electron chi connectivity index (χ0n) is 9.07. The summed E-state index contributed by atoms with van der Waals surface area (Å²) >= 11 is 0. The van der Waals surface area contributed by atoms with E-state index in [-0.39, 0.29) is 5.78 Å². The molecule has 88 valence electrons. The normalized spacial score (nSPS) is 12.4. The number of Topliss-reactive ketones (excluding diaryl/α,β-unsaturated/α-hetero) is 1. The van der Waals surface area contributed by atoms with Gasteiger partial charge in [0.05, 0.1) is 6.61 Å². The fourth-order valence-electron chi connectivity index (χ4n) is 1.01. The Hall–Kier alpha value is -0.940. The molecule has 0 fully saturated rings. The predicted molar refractivity (Wildman–Crippen MR) is 55.6 cm³/mol. The van der Waals surface area contributed by atoms with Crippen LogP contribution in [0.15, 0.2) is 0 Å². The number of rotatable bonds is 9. The number of unbranched alkanes of at least 4 members (excludes halogenated alkanes) is 1. The highest BCUT2D eigenvalue weighted by Crippen LogP contribution is 2.00. The molecule has 0 aliphatic rings. The van der Waals surface area contributed by atoms with Gasteiger partial charge in [0.1, 0.15) is 11.8 Å². The highest BCUT2D eigenvalue weighted by atomic mass is 16.5. The fraction of sp³-hybridized carbons (Fsp3) is 0.800. The van der Waals surface area contributed by atoms with Crippen LogP contribution in [0.4, 0.5) is 0 Å². The molecule has 0 aliphatic heterocycles. The topological polar surface area (TPSA) is 89.6 Å². The van der Waals surface area contributed by atoms with Crippen molar-refractivity contribution in [3.05, 3.63) is 0 Å². The molecule has 5 nitrogen and oxygen atoms in total. The lowest BCUT2D eigenvalue weighted by atomic mass is 10.1. The lowest BCUT2D eigenvalue weighted by molar-refractivity contribution is -0.138. The van der Waals surface area contributed by atoms with Crippen molar-refractivity contribution < 1.29 is 19.4 Å². The summed E-state index contributed by atoms with van der Waals surface area (Å²) in [5, 5.41) is 8.49. The zero-order valence-corrected chi connectivity index (χ0v) is 9.07. The lowest BCUT2D eigenvalue weighted by Gasteiger charge is -2.06. The molecule has 0 bridgehead atoms. The molecule has 0 heterocycles. The van der Waals surface area contributed by atoms with Gasteiger partial charge in [-0.1, -0.05) is 0 Å². The molecule has 0 aromatic rings. The van der Waals surface area contributed by atoms with E-state index in [1.165, 1.54) is 6.92 Å².